The molecule has 1 aromatic heterocycles. The van der Waals surface area contributed by atoms with Crippen molar-refractivity contribution in [1.29, 1.82) is 0 Å². The fourth-order valence-electron chi connectivity index (χ4n) is 4.68. The van der Waals surface area contributed by atoms with E-state index >= 15 is 0 Å². The Morgan fingerprint density at radius 3 is 2.55 bits per heavy atom. The van der Waals surface area contributed by atoms with Gasteiger partial charge in [-0.25, -0.2) is 9.38 Å². The number of hydrogen-bond donors (Lipinski definition) is 0. The fraction of sp³-hybridized carbons (Fsp3) is 0.111. The van der Waals surface area contributed by atoms with Gasteiger partial charge in [-0.2, -0.15) is 0 Å². The van der Waals surface area contributed by atoms with Crippen LogP contribution < -0.4 is 14.9 Å². The molecule has 0 saturated heterocycles. The van der Waals surface area contributed by atoms with Gasteiger partial charge in [0.05, 0.1) is 16.3 Å². The molecule has 0 radical (unpaired) electrons. The molecule has 0 amide bonds. The molecule has 3 aromatic carbocycles. The van der Waals surface area contributed by atoms with Gasteiger partial charge in [0.15, 0.2) is 4.80 Å². The monoisotopic (exact) mass is 516 g/mol. The lowest BCUT2D eigenvalue weighted by Gasteiger charge is -2.30. The number of thiazole rings is 1. The summed E-state index contributed by atoms with van der Waals surface area (Å²) in [5.74, 6) is -0.287. The van der Waals surface area contributed by atoms with Crippen LogP contribution in [-0.2, 0) is 6.42 Å². The molecule has 0 unspecified atom stereocenters. The highest BCUT2D eigenvalue weighted by Crippen LogP contribution is 2.41. The van der Waals surface area contributed by atoms with Gasteiger partial charge in [0.25, 0.3) is 5.56 Å². The van der Waals surface area contributed by atoms with Crippen LogP contribution in [0.2, 0.25) is 0 Å². The molecule has 0 bridgehead atoms. The summed E-state index contributed by atoms with van der Waals surface area (Å²) in [4.78, 5) is 19.3. The van der Waals surface area contributed by atoms with E-state index in [0.717, 1.165) is 45.3 Å². The van der Waals surface area contributed by atoms with E-state index in [1.807, 2.05) is 36.4 Å². The van der Waals surface area contributed by atoms with Crippen molar-refractivity contribution in [3.8, 4) is 0 Å². The highest BCUT2D eigenvalue weighted by Gasteiger charge is 2.32. The number of rotatable bonds is 2. The van der Waals surface area contributed by atoms with Crippen LogP contribution in [-0.4, -0.2) is 4.57 Å². The molecule has 1 atom stereocenters. The molecule has 0 N–H and O–H groups in total. The zero-order chi connectivity index (χ0) is 22.5. The van der Waals surface area contributed by atoms with Crippen molar-refractivity contribution in [1.82, 2.24) is 4.57 Å². The van der Waals surface area contributed by atoms with Crippen molar-refractivity contribution in [2.45, 2.75) is 18.9 Å². The number of allylic oxidation sites excluding steroid dienone is 1. The molecule has 3 nitrogen and oxygen atoms in total. The van der Waals surface area contributed by atoms with Crippen molar-refractivity contribution < 1.29 is 4.39 Å². The summed E-state index contributed by atoms with van der Waals surface area (Å²) in [7, 11) is 0. The average molecular weight is 517 g/mol. The molecular weight excluding hydrogens is 499 g/mol. The summed E-state index contributed by atoms with van der Waals surface area (Å²) < 4.78 is 17.1. The third-order valence-corrected chi connectivity index (χ3v) is 7.74. The Balaban J connectivity index is 1.62. The minimum absolute atomic E-state index is 0.0681. The molecule has 4 aromatic rings. The third kappa shape index (κ3) is 3.54. The van der Waals surface area contributed by atoms with Gasteiger partial charge in [0.2, 0.25) is 0 Å². The highest BCUT2D eigenvalue weighted by atomic mass is 79.9. The first-order valence-electron chi connectivity index (χ1n) is 10.7. The van der Waals surface area contributed by atoms with Crippen LogP contribution in [0.5, 0.6) is 0 Å². The smallest absolute Gasteiger partial charge is 0.271 e. The number of hydrogen-bond acceptors (Lipinski definition) is 3. The molecule has 1 aliphatic heterocycles. The lowest BCUT2D eigenvalue weighted by atomic mass is 9.83. The number of aromatic nitrogens is 1. The number of nitrogens with zero attached hydrogens (tertiary/aromatic N) is 2. The van der Waals surface area contributed by atoms with E-state index in [4.69, 9.17) is 4.99 Å². The summed E-state index contributed by atoms with van der Waals surface area (Å²) >= 11 is 4.86. The van der Waals surface area contributed by atoms with Crippen LogP contribution in [0, 0.1) is 5.82 Å². The molecule has 0 fully saturated rings. The maximum absolute atomic E-state index is 13.7. The van der Waals surface area contributed by atoms with E-state index < -0.39 is 0 Å². The van der Waals surface area contributed by atoms with Crippen LogP contribution in [0.3, 0.4) is 0 Å². The van der Waals surface area contributed by atoms with Crippen molar-refractivity contribution in [2.24, 2.45) is 4.99 Å². The van der Waals surface area contributed by atoms with Crippen LogP contribution in [0.15, 0.2) is 92.6 Å². The van der Waals surface area contributed by atoms with Crippen LogP contribution in [0.1, 0.15) is 34.7 Å². The summed E-state index contributed by atoms with van der Waals surface area (Å²) in [6, 6.07) is 22.4. The van der Waals surface area contributed by atoms with Gasteiger partial charge in [0, 0.05) is 10.0 Å². The number of aryl methyl sites for hydroxylation is 1. The molecule has 2 heterocycles. The van der Waals surface area contributed by atoms with Gasteiger partial charge < -0.3 is 0 Å². The van der Waals surface area contributed by atoms with Gasteiger partial charge >= 0.3 is 0 Å². The van der Waals surface area contributed by atoms with E-state index in [2.05, 4.69) is 34.1 Å². The normalized spacial score (nSPS) is 17.3. The van der Waals surface area contributed by atoms with E-state index in [1.165, 1.54) is 29.0 Å². The molecular formula is C27H18BrFN2OS. The summed E-state index contributed by atoms with van der Waals surface area (Å²) in [5.41, 5.74) is 6.24. The van der Waals surface area contributed by atoms with Gasteiger partial charge in [-0.1, -0.05) is 75.8 Å². The lowest BCUT2D eigenvalue weighted by molar-refractivity contribution is 0.581. The molecule has 6 rings (SSSR count). The van der Waals surface area contributed by atoms with E-state index in [-0.39, 0.29) is 17.4 Å². The molecule has 0 spiro atoms. The van der Waals surface area contributed by atoms with Crippen molar-refractivity contribution >= 4 is 39.0 Å². The first kappa shape index (κ1) is 20.5. The second-order valence-electron chi connectivity index (χ2n) is 8.22. The Morgan fingerprint density at radius 2 is 1.76 bits per heavy atom. The van der Waals surface area contributed by atoms with Crippen molar-refractivity contribution in [3.63, 3.8) is 0 Å². The quantitative estimate of drug-likeness (QED) is 0.359. The zero-order valence-corrected chi connectivity index (χ0v) is 19.9. The predicted molar refractivity (Wildman–Crippen MR) is 133 cm³/mol. The molecule has 2 aliphatic rings. The average Bonchev–Trinajstić information content (AvgIpc) is 3.14. The van der Waals surface area contributed by atoms with Crippen LogP contribution in [0.25, 0.3) is 11.8 Å². The van der Waals surface area contributed by atoms with Crippen LogP contribution >= 0.6 is 27.3 Å². The van der Waals surface area contributed by atoms with E-state index in [1.54, 1.807) is 16.7 Å². The zero-order valence-electron chi connectivity index (χ0n) is 17.5. The number of halogens is 2. The fourth-order valence-corrected chi connectivity index (χ4v) is 5.94. The standard InChI is InChI=1S/C27H18BrFN2OS/c28-19-10-5-16(6-11-19)15-23-26(32)31-25(18-7-12-20(29)13-8-18)22-14-9-17-3-1-2-4-21(17)24(22)30-27(31)33-23/h1-8,10-13,15,25H,9,14H2/b23-15+/t25-/m0/s1. The van der Waals surface area contributed by atoms with Gasteiger partial charge in [0.1, 0.15) is 5.82 Å². The Morgan fingerprint density at radius 1 is 1.00 bits per heavy atom. The molecule has 33 heavy (non-hydrogen) atoms. The molecule has 1 aliphatic carbocycles. The predicted octanol–water partition coefficient (Wildman–Crippen LogP) is 5.22. The van der Waals surface area contributed by atoms with Crippen molar-refractivity contribution in [3.05, 3.63) is 131 Å². The SMILES string of the molecule is O=c1/c(=C\c2ccc(Br)cc2)sc2n1[C@@H](c1ccc(F)cc1)C1=C(N=2)c2ccccc2CC1. The summed E-state index contributed by atoms with van der Waals surface area (Å²) in [6.07, 6.45) is 3.62. The van der Waals surface area contributed by atoms with Gasteiger partial charge in [-0.3, -0.25) is 9.36 Å². The topological polar surface area (TPSA) is 34.4 Å². The second kappa shape index (κ2) is 8.04. The van der Waals surface area contributed by atoms with E-state index in [9.17, 15) is 9.18 Å². The lowest BCUT2D eigenvalue weighted by Crippen LogP contribution is -2.38. The Hall–Kier alpha value is -3.09. The van der Waals surface area contributed by atoms with Crippen LogP contribution in [0.4, 0.5) is 4.39 Å². The first-order valence-corrected chi connectivity index (χ1v) is 12.3. The molecule has 6 heteroatoms. The van der Waals surface area contributed by atoms with E-state index in [0.29, 0.717) is 9.33 Å². The number of benzene rings is 3. The highest BCUT2D eigenvalue weighted by molar-refractivity contribution is 9.10. The number of fused-ring (bicyclic) bond motifs is 3. The minimum Gasteiger partial charge on any atom is -0.272 e. The second-order valence-corrected chi connectivity index (χ2v) is 10.1. The minimum atomic E-state index is -0.294. The largest absolute Gasteiger partial charge is 0.272 e. The Labute approximate surface area is 202 Å². The maximum atomic E-state index is 13.7. The Bertz CT molecular complexity index is 1600. The first-order chi connectivity index (χ1) is 16.1. The molecule has 0 saturated carbocycles. The van der Waals surface area contributed by atoms with Crippen molar-refractivity contribution in [2.75, 3.05) is 0 Å². The summed E-state index contributed by atoms with van der Waals surface area (Å²) in [6.45, 7) is 0. The summed E-state index contributed by atoms with van der Waals surface area (Å²) in [5, 5.41) is 0. The molecule has 162 valence electrons. The van der Waals surface area contributed by atoms with Gasteiger partial charge in [-0.15, -0.1) is 0 Å². The van der Waals surface area contributed by atoms with Gasteiger partial charge in [-0.05, 0) is 65.4 Å². The Kier molecular flexibility index (Phi) is 5.00. The third-order valence-electron chi connectivity index (χ3n) is 6.23. The maximum Gasteiger partial charge on any atom is 0.271 e.